The van der Waals surface area contributed by atoms with E-state index < -0.39 is 0 Å². The molecule has 2 aromatic rings. The van der Waals surface area contributed by atoms with E-state index in [0.717, 1.165) is 22.0 Å². The number of hydrogen-bond donors (Lipinski definition) is 0. The van der Waals surface area contributed by atoms with Gasteiger partial charge >= 0.3 is 0 Å². The van der Waals surface area contributed by atoms with Gasteiger partial charge in [0.2, 0.25) is 0 Å². The number of Topliss-reactive ketones (excluding diaryl/α,β-unsaturated/α-hetero) is 1. The number of thioether (sulfide) groups is 1. The van der Waals surface area contributed by atoms with Crippen molar-refractivity contribution in [2.45, 2.75) is 32.6 Å². The second-order valence-corrected chi connectivity index (χ2v) is 6.65. The van der Waals surface area contributed by atoms with Crippen LogP contribution in [0.1, 0.15) is 34.0 Å². The maximum absolute atomic E-state index is 11.2. The molecule has 2 rings (SSSR count). The lowest BCUT2D eigenvalue weighted by Gasteiger charge is -2.11. The van der Waals surface area contributed by atoms with Crippen molar-refractivity contribution in [2.75, 3.05) is 12.4 Å². The van der Waals surface area contributed by atoms with Gasteiger partial charge in [0.05, 0.1) is 6.61 Å². The largest absolute Gasteiger partial charge is 0.492 e. The highest BCUT2D eigenvalue weighted by Gasteiger charge is 2.04. The number of carbonyl (C=O) groups excluding carboxylic acids is 1. The Morgan fingerprint density at radius 1 is 1.00 bits per heavy atom. The number of rotatable bonds is 6. The minimum absolute atomic E-state index is 0.102. The van der Waals surface area contributed by atoms with Gasteiger partial charge in [0, 0.05) is 16.2 Å². The van der Waals surface area contributed by atoms with Gasteiger partial charge in [-0.1, -0.05) is 18.2 Å². The molecule has 0 atom stereocenters. The SMILES string of the molecule is CC(=O)c1ccc(SCCOc2cc(C)c(C)cc2C)cc1. The minimum atomic E-state index is 0.102. The van der Waals surface area contributed by atoms with Gasteiger partial charge in [0.15, 0.2) is 5.78 Å². The molecule has 0 unspecified atom stereocenters. The van der Waals surface area contributed by atoms with Crippen LogP contribution < -0.4 is 4.74 Å². The van der Waals surface area contributed by atoms with Crippen molar-refractivity contribution in [1.29, 1.82) is 0 Å². The summed E-state index contributed by atoms with van der Waals surface area (Å²) in [5, 5.41) is 0. The van der Waals surface area contributed by atoms with Gasteiger partial charge in [-0.15, -0.1) is 11.8 Å². The molecule has 0 spiro atoms. The summed E-state index contributed by atoms with van der Waals surface area (Å²) in [5.41, 5.74) is 4.49. The molecule has 0 amide bonds. The van der Waals surface area contributed by atoms with Crippen LogP contribution >= 0.6 is 11.8 Å². The van der Waals surface area contributed by atoms with Crippen LogP contribution in [0.5, 0.6) is 5.75 Å². The van der Waals surface area contributed by atoms with Gasteiger partial charge in [0.25, 0.3) is 0 Å². The number of carbonyl (C=O) groups is 1. The molecular formula is C19H22O2S. The Hall–Kier alpha value is -1.74. The first-order chi connectivity index (χ1) is 10.5. The summed E-state index contributed by atoms with van der Waals surface area (Å²) < 4.78 is 5.88. The zero-order valence-electron chi connectivity index (χ0n) is 13.6. The quantitative estimate of drug-likeness (QED) is 0.427. The molecule has 0 fully saturated rings. The molecule has 0 saturated heterocycles. The molecule has 116 valence electrons. The van der Waals surface area contributed by atoms with Crippen molar-refractivity contribution in [1.82, 2.24) is 0 Å². The van der Waals surface area contributed by atoms with E-state index in [4.69, 9.17) is 4.74 Å². The maximum atomic E-state index is 11.2. The van der Waals surface area contributed by atoms with E-state index in [9.17, 15) is 4.79 Å². The van der Waals surface area contributed by atoms with Crippen LogP contribution in [0.25, 0.3) is 0 Å². The van der Waals surface area contributed by atoms with E-state index in [2.05, 4.69) is 32.9 Å². The van der Waals surface area contributed by atoms with Crippen LogP contribution in [0.3, 0.4) is 0 Å². The molecule has 0 saturated carbocycles. The fourth-order valence-corrected chi connectivity index (χ4v) is 2.92. The Labute approximate surface area is 136 Å². The van der Waals surface area contributed by atoms with Crippen LogP contribution in [-0.2, 0) is 0 Å². The number of hydrogen-bond acceptors (Lipinski definition) is 3. The van der Waals surface area contributed by atoms with E-state index in [0.29, 0.717) is 6.61 Å². The van der Waals surface area contributed by atoms with E-state index in [-0.39, 0.29) is 5.78 Å². The lowest BCUT2D eigenvalue weighted by Crippen LogP contribution is -2.02. The summed E-state index contributed by atoms with van der Waals surface area (Å²) in [5.74, 6) is 1.95. The van der Waals surface area contributed by atoms with Crippen molar-refractivity contribution in [3.8, 4) is 5.75 Å². The second-order valence-electron chi connectivity index (χ2n) is 5.48. The summed E-state index contributed by atoms with van der Waals surface area (Å²) in [4.78, 5) is 12.4. The Kier molecular flexibility index (Phi) is 5.67. The van der Waals surface area contributed by atoms with Crippen molar-refractivity contribution in [2.24, 2.45) is 0 Å². The molecule has 0 N–H and O–H groups in total. The van der Waals surface area contributed by atoms with Crippen molar-refractivity contribution >= 4 is 17.5 Å². The molecule has 22 heavy (non-hydrogen) atoms. The molecule has 0 aromatic heterocycles. The first-order valence-electron chi connectivity index (χ1n) is 7.42. The number of benzene rings is 2. The summed E-state index contributed by atoms with van der Waals surface area (Å²) in [7, 11) is 0. The monoisotopic (exact) mass is 314 g/mol. The maximum Gasteiger partial charge on any atom is 0.159 e. The molecular weight excluding hydrogens is 292 g/mol. The van der Waals surface area contributed by atoms with E-state index >= 15 is 0 Å². The van der Waals surface area contributed by atoms with Gasteiger partial charge < -0.3 is 4.74 Å². The average Bonchev–Trinajstić information content (AvgIpc) is 2.49. The summed E-state index contributed by atoms with van der Waals surface area (Å²) in [6.45, 7) is 8.55. The minimum Gasteiger partial charge on any atom is -0.492 e. The summed E-state index contributed by atoms with van der Waals surface area (Å²) in [6.07, 6.45) is 0. The van der Waals surface area contributed by atoms with Crippen LogP contribution in [0.15, 0.2) is 41.3 Å². The number of aryl methyl sites for hydroxylation is 3. The molecule has 2 nitrogen and oxygen atoms in total. The summed E-state index contributed by atoms with van der Waals surface area (Å²) in [6, 6.07) is 12.0. The predicted molar refractivity (Wildman–Crippen MR) is 93.3 cm³/mol. The molecule has 2 aromatic carbocycles. The average molecular weight is 314 g/mol. The first kappa shape index (κ1) is 16.6. The van der Waals surface area contributed by atoms with E-state index in [1.807, 2.05) is 24.3 Å². The third-order valence-electron chi connectivity index (χ3n) is 3.66. The highest BCUT2D eigenvalue weighted by Crippen LogP contribution is 2.23. The Morgan fingerprint density at radius 2 is 1.64 bits per heavy atom. The molecule has 0 bridgehead atoms. The van der Waals surface area contributed by atoms with Crippen molar-refractivity contribution in [3.05, 3.63) is 58.7 Å². The zero-order valence-corrected chi connectivity index (χ0v) is 14.4. The Morgan fingerprint density at radius 3 is 2.27 bits per heavy atom. The third-order valence-corrected chi connectivity index (χ3v) is 4.64. The normalized spacial score (nSPS) is 10.5. The lowest BCUT2D eigenvalue weighted by atomic mass is 10.1. The van der Waals surface area contributed by atoms with Crippen LogP contribution in [0.2, 0.25) is 0 Å². The van der Waals surface area contributed by atoms with Gasteiger partial charge in [-0.25, -0.2) is 0 Å². The highest BCUT2D eigenvalue weighted by molar-refractivity contribution is 7.99. The smallest absolute Gasteiger partial charge is 0.159 e. The van der Waals surface area contributed by atoms with Gasteiger partial charge in [-0.3, -0.25) is 4.79 Å². The highest BCUT2D eigenvalue weighted by atomic mass is 32.2. The predicted octanol–water partition coefficient (Wildman–Crippen LogP) is 4.99. The van der Waals surface area contributed by atoms with Crippen LogP contribution in [-0.4, -0.2) is 18.1 Å². The van der Waals surface area contributed by atoms with Crippen molar-refractivity contribution < 1.29 is 9.53 Å². The standard InChI is InChI=1S/C19H22O2S/c1-13-11-15(3)19(12-14(13)2)21-9-10-22-18-7-5-17(6-8-18)16(4)20/h5-8,11-12H,9-10H2,1-4H3. The topological polar surface area (TPSA) is 26.3 Å². The molecule has 0 aliphatic heterocycles. The Bertz CT molecular complexity index is 660. The van der Waals surface area contributed by atoms with E-state index in [1.165, 1.54) is 16.7 Å². The summed E-state index contributed by atoms with van der Waals surface area (Å²) >= 11 is 1.74. The van der Waals surface area contributed by atoms with E-state index in [1.54, 1.807) is 18.7 Å². The fourth-order valence-electron chi connectivity index (χ4n) is 2.19. The van der Waals surface area contributed by atoms with Crippen LogP contribution in [0, 0.1) is 20.8 Å². The fraction of sp³-hybridized carbons (Fsp3) is 0.316. The van der Waals surface area contributed by atoms with Gasteiger partial charge in [-0.05, 0) is 62.6 Å². The van der Waals surface area contributed by atoms with Crippen LogP contribution in [0.4, 0.5) is 0 Å². The molecule has 0 heterocycles. The van der Waals surface area contributed by atoms with Gasteiger partial charge in [-0.2, -0.15) is 0 Å². The lowest BCUT2D eigenvalue weighted by molar-refractivity contribution is 0.101. The van der Waals surface area contributed by atoms with Gasteiger partial charge in [0.1, 0.15) is 5.75 Å². The Balaban J connectivity index is 1.84. The molecule has 3 heteroatoms. The molecule has 0 aliphatic rings. The molecule has 0 aliphatic carbocycles. The molecule has 0 radical (unpaired) electrons. The zero-order chi connectivity index (χ0) is 16.1. The third kappa shape index (κ3) is 4.38. The number of ether oxygens (including phenoxy) is 1. The second kappa shape index (κ2) is 7.50. The van der Waals surface area contributed by atoms with Crippen molar-refractivity contribution in [3.63, 3.8) is 0 Å². The number of ketones is 1. The first-order valence-corrected chi connectivity index (χ1v) is 8.40.